The quantitative estimate of drug-likeness (QED) is 0.603. The van der Waals surface area contributed by atoms with Gasteiger partial charge in [-0.25, -0.2) is 0 Å². The highest BCUT2D eigenvalue weighted by atomic mass is 16.5. The lowest BCUT2D eigenvalue weighted by Gasteiger charge is -2.18. The predicted octanol–water partition coefficient (Wildman–Crippen LogP) is 4.42. The molecule has 0 aliphatic carbocycles. The number of ether oxygens (including phenoxy) is 2. The molecule has 0 N–H and O–H groups in total. The summed E-state index contributed by atoms with van der Waals surface area (Å²) in [5.74, 6) is 1.27. The van der Waals surface area contributed by atoms with Gasteiger partial charge >= 0.3 is 0 Å². The Balaban J connectivity index is 1.66. The van der Waals surface area contributed by atoms with Crippen LogP contribution in [0.3, 0.4) is 0 Å². The fourth-order valence-corrected chi connectivity index (χ4v) is 2.93. The molecule has 0 radical (unpaired) electrons. The maximum Gasteiger partial charge on any atom is 0.254 e. The molecule has 1 amide bonds. The summed E-state index contributed by atoms with van der Waals surface area (Å²) < 4.78 is 11.0. The second-order valence-corrected chi connectivity index (χ2v) is 6.59. The van der Waals surface area contributed by atoms with Crippen molar-refractivity contribution in [1.82, 2.24) is 4.90 Å². The van der Waals surface area contributed by atoms with Gasteiger partial charge in [-0.1, -0.05) is 36.4 Å². The average molecular weight is 386 g/mol. The Labute approximate surface area is 170 Å². The van der Waals surface area contributed by atoms with E-state index in [-0.39, 0.29) is 12.5 Å². The maximum absolute atomic E-state index is 12.8. The standard InChI is InChI=1S/C24H22N2O3/c1-26(16-18-10-12-22(28-2)13-11-18)24(27)19-8-5-9-23(14-19)29-17-21-7-4-3-6-20(21)15-25/h3-14H,16-17H2,1-2H3. The number of carbonyl (C=O) groups excluding carboxylic acids is 1. The number of carbonyl (C=O) groups is 1. The molecular formula is C24H22N2O3. The summed E-state index contributed by atoms with van der Waals surface area (Å²) in [7, 11) is 3.39. The van der Waals surface area contributed by atoms with Crippen LogP contribution in [-0.2, 0) is 13.2 Å². The van der Waals surface area contributed by atoms with Crippen molar-refractivity contribution in [1.29, 1.82) is 5.26 Å². The summed E-state index contributed by atoms with van der Waals surface area (Å²) in [6, 6.07) is 24.2. The van der Waals surface area contributed by atoms with Gasteiger partial charge < -0.3 is 14.4 Å². The molecule has 0 heterocycles. The zero-order chi connectivity index (χ0) is 20.6. The predicted molar refractivity (Wildman–Crippen MR) is 111 cm³/mol. The van der Waals surface area contributed by atoms with Gasteiger partial charge in [0.2, 0.25) is 0 Å². The van der Waals surface area contributed by atoms with Crippen LogP contribution in [0.5, 0.6) is 11.5 Å². The molecule has 3 aromatic carbocycles. The number of methoxy groups -OCH3 is 1. The Hall–Kier alpha value is -3.78. The van der Waals surface area contributed by atoms with Crippen molar-refractivity contribution in [2.75, 3.05) is 14.2 Å². The summed E-state index contributed by atoms with van der Waals surface area (Å²) in [5.41, 5.74) is 2.96. The van der Waals surface area contributed by atoms with Crippen molar-refractivity contribution in [3.63, 3.8) is 0 Å². The fourth-order valence-electron chi connectivity index (χ4n) is 2.93. The molecule has 0 bridgehead atoms. The van der Waals surface area contributed by atoms with Crippen molar-refractivity contribution < 1.29 is 14.3 Å². The molecule has 146 valence electrons. The summed E-state index contributed by atoms with van der Waals surface area (Å²) >= 11 is 0. The third-order valence-electron chi connectivity index (χ3n) is 4.54. The smallest absolute Gasteiger partial charge is 0.254 e. The van der Waals surface area contributed by atoms with Gasteiger partial charge in [-0.05, 0) is 42.0 Å². The Kier molecular flexibility index (Phi) is 6.49. The Morgan fingerprint density at radius 3 is 2.48 bits per heavy atom. The normalized spacial score (nSPS) is 10.1. The van der Waals surface area contributed by atoms with Crippen LogP contribution in [0.1, 0.15) is 27.0 Å². The van der Waals surface area contributed by atoms with Crippen LogP contribution in [0.2, 0.25) is 0 Å². The topological polar surface area (TPSA) is 62.6 Å². The van der Waals surface area contributed by atoms with Gasteiger partial charge in [-0.2, -0.15) is 5.26 Å². The Morgan fingerprint density at radius 2 is 1.76 bits per heavy atom. The van der Waals surface area contributed by atoms with Crippen LogP contribution in [-0.4, -0.2) is 25.0 Å². The molecule has 0 fully saturated rings. The van der Waals surface area contributed by atoms with Crippen molar-refractivity contribution in [3.8, 4) is 17.6 Å². The number of benzene rings is 3. The molecule has 0 saturated heterocycles. The SMILES string of the molecule is COc1ccc(CN(C)C(=O)c2cccc(OCc3ccccc3C#N)c2)cc1. The molecule has 0 spiro atoms. The van der Waals surface area contributed by atoms with E-state index in [0.717, 1.165) is 16.9 Å². The first-order valence-electron chi connectivity index (χ1n) is 9.20. The van der Waals surface area contributed by atoms with Crippen molar-refractivity contribution in [2.45, 2.75) is 13.2 Å². The minimum atomic E-state index is -0.0938. The number of nitrogens with zero attached hydrogens (tertiary/aromatic N) is 2. The lowest BCUT2D eigenvalue weighted by atomic mass is 10.1. The van der Waals surface area contributed by atoms with Crippen LogP contribution >= 0.6 is 0 Å². The van der Waals surface area contributed by atoms with E-state index in [4.69, 9.17) is 9.47 Å². The fraction of sp³-hybridized carbons (Fsp3) is 0.167. The number of rotatable bonds is 7. The monoisotopic (exact) mass is 386 g/mol. The molecule has 0 atom stereocenters. The van der Waals surface area contributed by atoms with Crippen molar-refractivity contribution in [2.24, 2.45) is 0 Å². The first-order chi connectivity index (χ1) is 14.1. The van der Waals surface area contributed by atoms with Gasteiger partial charge in [0.25, 0.3) is 5.91 Å². The van der Waals surface area contributed by atoms with Gasteiger partial charge in [0.15, 0.2) is 0 Å². The van der Waals surface area contributed by atoms with E-state index in [1.54, 1.807) is 49.4 Å². The Bertz CT molecular complexity index is 1020. The molecule has 5 heteroatoms. The summed E-state index contributed by atoms with van der Waals surface area (Å²) in [6.45, 7) is 0.756. The van der Waals surface area contributed by atoms with E-state index in [1.807, 2.05) is 42.5 Å². The molecule has 3 rings (SSSR count). The lowest BCUT2D eigenvalue weighted by molar-refractivity contribution is 0.0784. The van der Waals surface area contributed by atoms with Crippen LogP contribution in [0.4, 0.5) is 0 Å². The molecule has 0 aliphatic heterocycles. The number of hydrogen-bond acceptors (Lipinski definition) is 4. The molecular weight excluding hydrogens is 364 g/mol. The van der Waals surface area contributed by atoms with Crippen molar-refractivity contribution >= 4 is 5.91 Å². The zero-order valence-electron chi connectivity index (χ0n) is 16.5. The third kappa shape index (κ3) is 5.14. The number of nitriles is 1. The molecule has 29 heavy (non-hydrogen) atoms. The Morgan fingerprint density at radius 1 is 1.00 bits per heavy atom. The molecule has 3 aromatic rings. The largest absolute Gasteiger partial charge is 0.497 e. The lowest BCUT2D eigenvalue weighted by Crippen LogP contribution is -2.26. The second kappa shape index (κ2) is 9.43. The maximum atomic E-state index is 12.8. The van der Waals surface area contributed by atoms with E-state index in [9.17, 15) is 10.1 Å². The molecule has 0 unspecified atom stereocenters. The van der Waals surface area contributed by atoms with Gasteiger partial charge in [-0.15, -0.1) is 0 Å². The van der Waals surface area contributed by atoms with Gasteiger partial charge in [-0.3, -0.25) is 4.79 Å². The highest BCUT2D eigenvalue weighted by molar-refractivity contribution is 5.94. The van der Waals surface area contributed by atoms with Gasteiger partial charge in [0, 0.05) is 24.7 Å². The van der Waals surface area contributed by atoms with Crippen LogP contribution in [0.15, 0.2) is 72.8 Å². The molecule has 0 aromatic heterocycles. The van der Waals surface area contributed by atoms with E-state index in [2.05, 4.69) is 6.07 Å². The highest BCUT2D eigenvalue weighted by Crippen LogP contribution is 2.19. The summed E-state index contributed by atoms with van der Waals surface area (Å²) in [5, 5.41) is 9.18. The van der Waals surface area contributed by atoms with Crippen LogP contribution < -0.4 is 9.47 Å². The summed E-state index contributed by atoms with van der Waals surface area (Å²) in [6.07, 6.45) is 0. The van der Waals surface area contributed by atoms with Crippen LogP contribution in [0, 0.1) is 11.3 Å². The molecule has 0 aliphatic rings. The number of amides is 1. The first kappa shape index (κ1) is 20.0. The van der Waals surface area contributed by atoms with E-state index in [1.165, 1.54) is 0 Å². The van der Waals surface area contributed by atoms with Crippen molar-refractivity contribution in [3.05, 3.63) is 95.1 Å². The molecule has 0 saturated carbocycles. The minimum Gasteiger partial charge on any atom is -0.497 e. The summed E-state index contributed by atoms with van der Waals surface area (Å²) in [4.78, 5) is 14.5. The zero-order valence-corrected chi connectivity index (χ0v) is 16.5. The van der Waals surface area contributed by atoms with E-state index in [0.29, 0.717) is 23.4 Å². The minimum absolute atomic E-state index is 0.0938. The number of hydrogen-bond donors (Lipinski definition) is 0. The highest BCUT2D eigenvalue weighted by Gasteiger charge is 2.13. The molecule has 5 nitrogen and oxygen atoms in total. The third-order valence-corrected chi connectivity index (χ3v) is 4.54. The van der Waals surface area contributed by atoms with E-state index >= 15 is 0 Å². The van der Waals surface area contributed by atoms with Gasteiger partial charge in [0.05, 0.1) is 18.7 Å². The first-order valence-corrected chi connectivity index (χ1v) is 9.20. The van der Waals surface area contributed by atoms with Gasteiger partial charge in [0.1, 0.15) is 18.1 Å². The van der Waals surface area contributed by atoms with Crippen LogP contribution in [0.25, 0.3) is 0 Å². The average Bonchev–Trinajstić information content (AvgIpc) is 2.78. The van der Waals surface area contributed by atoms with E-state index < -0.39 is 0 Å². The second-order valence-electron chi connectivity index (χ2n) is 6.59.